The molecule has 2 heterocycles. The molecule has 1 unspecified atom stereocenters. The number of cyclic esters (lactones) is 1. The molecule has 0 aromatic heterocycles. The predicted octanol–water partition coefficient (Wildman–Crippen LogP) is 3.11. The van der Waals surface area contributed by atoms with Crippen LogP contribution in [0.2, 0.25) is 0 Å². The van der Waals surface area contributed by atoms with Crippen LogP contribution in [0.5, 0.6) is 0 Å². The molecule has 2 fully saturated rings. The van der Waals surface area contributed by atoms with Gasteiger partial charge in [-0.25, -0.2) is 27.3 Å². The number of carbonyl (C=O) groups is 4. The van der Waals surface area contributed by atoms with E-state index in [0.29, 0.717) is 29.7 Å². The Labute approximate surface area is 245 Å². The summed E-state index contributed by atoms with van der Waals surface area (Å²) in [5.74, 6) is -2.40. The number of anilines is 1. The van der Waals surface area contributed by atoms with Gasteiger partial charge in [0.1, 0.15) is 27.8 Å². The number of hydrogen-bond acceptors (Lipinski definition) is 10. The van der Waals surface area contributed by atoms with E-state index >= 15 is 0 Å². The van der Waals surface area contributed by atoms with Crippen LogP contribution >= 0.6 is 12.4 Å². The molecule has 0 radical (unpaired) electrons. The van der Waals surface area contributed by atoms with Crippen molar-refractivity contribution in [2.75, 3.05) is 29.5 Å². The summed E-state index contributed by atoms with van der Waals surface area (Å²) in [5.41, 5.74) is 6.43. The number of imide groups is 1. The number of hydrogen-bond donors (Lipinski definition) is 1. The van der Waals surface area contributed by atoms with Crippen molar-refractivity contribution in [2.45, 2.75) is 71.3 Å². The average molecular weight is 622 g/mol. The Morgan fingerprint density at radius 3 is 2.39 bits per heavy atom. The van der Waals surface area contributed by atoms with Crippen molar-refractivity contribution in [2.24, 2.45) is 11.7 Å². The second-order valence-electron chi connectivity index (χ2n) is 10.2. The van der Waals surface area contributed by atoms with E-state index in [9.17, 15) is 32.0 Å². The molecule has 1 aromatic carbocycles. The molecule has 2 aliphatic rings. The van der Waals surface area contributed by atoms with Gasteiger partial charge in [-0.1, -0.05) is 26.3 Å². The molecule has 3 rings (SSSR count). The topological polar surface area (TPSA) is 163 Å². The first-order chi connectivity index (χ1) is 18.7. The van der Waals surface area contributed by atoms with Gasteiger partial charge in [-0.05, 0) is 42.4 Å². The Kier molecular flexibility index (Phi) is 11.9. The molecule has 41 heavy (non-hydrogen) atoms. The molecule has 12 nitrogen and oxygen atoms in total. The lowest BCUT2D eigenvalue weighted by Gasteiger charge is -2.24. The summed E-state index contributed by atoms with van der Waals surface area (Å²) >= 11 is 0. The van der Waals surface area contributed by atoms with Crippen LogP contribution < -0.4 is 10.6 Å². The van der Waals surface area contributed by atoms with Crippen molar-refractivity contribution in [1.82, 2.24) is 4.90 Å². The van der Waals surface area contributed by atoms with E-state index in [0.717, 1.165) is 6.92 Å². The fourth-order valence-electron chi connectivity index (χ4n) is 4.54. The quantitative estimate of drug-likeness (QED) is 0.320. The van der Waals surface area contributed by atoms with Crippen LogP contribution in [0.4, 0.5) is 19.7 Å². The second kappa shape index (κ2) is 14.3. The van der Waals surface area contributed by atoms with Crippen molar-refractivity contribution >= 4 is 52.0 Å². The average Bonchev–Trinajstić information content (AvgIpc) is 3.26. The fraction of sp³-hybridized carbons (Fsp3) is 0.615. The molecule has 230 valence electrons. The van der Waals surface area contributed by atoms with E-state index < -0.39 is 58.2 Å². The first-order valence-corrected chi connectivity index (χ1v) is 15.0. The molecule has 0 saturated carbocycles. The van der Waals surface area contributed by atoms with Gasteiger partial charge < -0.3 is 19.9 Å². The summed E-state index contributed by atoms with van der Waals surface area (Å²) in [6.45, 7) is 5.64. The van der Waals surface area contributed by atoms with Crippen molar-refractivity contribution < 1.29 is 46.2 Å². The Bertz CT molecular complexity index is 1230. The van der Waals surface area contributed by atoms with Gasteiger partial charge in [0.05, 0.1) is 30.3 Å². The van der Waals surface area contributed by atoms with Gasteiger partial charge >= 0.3 is 18.2 Å². The largest absolute Gasteiger partial charge is 0.442 e. The number of amides is 3. The second-order valence-corrected chi connectivity index (χ2v) is 12.5. The summed E-state index contributed by atoms with van der Waals surface area (Å²) in [6.07, 6.45) is -2.87. The van der Waals surface area contributed by atoms with E-state index in [1.807, 2.05) is 6.92 Å². The minimum Gasteiger partial charge on any atom is -0.442 e. The molecule has 0 aliphatic carbocycles. The maximum Gasteiger partial charge on any atom is 0.419 e. The van der Waals surface area contributed by atoms with Crippen molar-refractivity contribution in [3.8, 4) is 0 Å². The smallest absolute Gasteiger partial charge is 0.419 e. The molecule has 2 N–H and O–H groups in total. The number of nitrogens with zero attached hydrogens (tertiary/aromatic N) is 2. The number of halogens is 2. The molecule has 2 aliphatic heterocycles. The first kappa shape index (κ1) is 34.2. The minimum absolute atomic E-state index is 0. The molecule has 0 bridgehead atoms. The number of carbonyl (C=O) groups excluding carboxylic acids is 4. The number of sulfone groups is 1. The number of rotatable bonds is 9. The van der Waals surface area contributed by atoms with Crippen molar-refractivity contribution in [3.05, 3.63) is 29.6 Å². The number of benzene rings is 1. The highest BCUT2D eigenvalue weighted by atomic mass is 35.5. The summed E-state index contributed by atoms with van der Waals surface area (Å²) in [6, 6.07) is 3.35. The Hall–Kier alpha value is -2.97. The zero-order valence-corrected chi connectivity index (χ0v) is 25.0. The molecule has 4 atom stereocenters. The predicted molar refractivity (Wildman–Crippen MR) is 149 cm³/mol. The Morgan fingerprint density at radius 1 is 1.20 bits per heavy atom. The number of nitrogens with two attached hydrogens (primary N) is 1. The fourth-order valence-corrected chi connectivity index (χ4v) is 6.03. The number of ether oxygens (including phenoxy) is 3. The normalized spacial score (nSPS) is 20.7. The van der Waals surface area contributed by atoms with Crippen LogP contribution in [0.3, 0.4) is 0 Å². The lowest BCUT2D eigenvalue weighted by Crippen LogP contribution is -2.44. The molecular weight excluding hydrogens is 585 g/mol. The van der Waals surface area contributed by atoms with Crippen LogP contribution in [0.1, 0.15) is 58.4 Å². The highest BCUT2D eigenvalue weighted by molar-refractivity contribution is 7.91. The van der Waals surface area contributed by atoms with Gasteiger partial charge in [0.2, 0.25) is 12.2 Å². The third-order valence-electron chi connectivity index (χ3n) is 7.23. The van der Waals surface area contributed by atoms with Gasteiger partial charge in [-0.2, -0.15) is 0 Å². The van der Waals surface area contributed by atoms with Crippen LogP contribution in [0, 0.1) is 11.7 Å². The first-order valence-electron chi connectivity index (χ1n) is 13.1. The maximum absolute atomic E-state index is 15.0. The zero-order chi connectivity index (χ0) is 29.8. The molecule has 3 amide bonds. The van der Waals surface area contributed by atoms with Gasteiger partial charge in [0.25, 0.3) is 0 Å². The molecule has 0 spiro atoms. The van der Waals surface area contributed by atoms with Crippen molar-refractivity contribution in [3.63, 3.8) is 0 Å². The summed E-state index contributed by atoms with van der Waals surface area (Å²) < 4.78 is 53.8. The van der Waals surface area contributed by atoms with Crippen LogP contribution in [-0.4, -0.2) is 80.4 Å². The number of esters is 1. The zero-order valence-electron chi connectivity index (χ0n) is 23.4. The van der Waals surface area contributed by atoms with E-state index in [4.69, 9.17) is 19.9 Å². The summed E-state index contributed by atoms with van der Waals surface area (Å²) in [7, 11) is -3.09. The standard InChI is InChI=1S/C26H36FN3O9S.ClH/c1-5-15(2)23(28)24(32)37-17(4)38-25(33)29(16(3)31)13-20-14-30(26(34)39-20)19-6-7-21(22(27)12-19)18-8-10-40(35,36)11-9-18;/h6-7,12,15,17-18,20,23H,5,8-11,13-14,28H2,1-4H3;1H/t15-,17?,20-,23-;/m0./s1. The van der Waals surface area contributed by atoms with Gasteiger partial charge in [0.15, 0.2) is 0 Å². The van der Waals surface area contributed by atoms with Crippen LogP contribution in [0.15, 0.2) is 18.2 Å². The van der Waals surface area contributed by atoms with E-state index in [1.165, 1.54) is 24.0 Å². The third kappa shape index (κ3) is 8.76. The molecule has 2 saturated heterocycles. The van der Waals surface area contributed by atoms with Gasteiger partial charge in [0, 0.05) is 13.8 Å². The van der Waals surface area contributed by atoms with Crippen molar-refractivity contribution in [1.29, 1.82) is 0 Å². The van der Waals surface area contributed by atoms with Crippen LogP contribution in [-0.2, 0) is 33.6 Å². The molecule has 1 aromatic rings. The molecular formula is C26H37ClFN3O9S. The molecule has 15 heteroatoms. The van der Waals surface area contributed by atoms with E-state index in [2.05, 4.69) is 0 Å². The monoisotopic (exact) mass is 621 g/mol. The van der Waals surface area contributed by atoms with E-state index in [-0.39, 0.29) is 54.5 Å². The maximum atomic E-state index is 15.0. The summed E-state index contributed by atoms with van der Waals surface area (Å²) in [4.78, 5) is 51.4. The van der Waals surface area contributed by atoms with Crippen LogP contribution in [0.25, 0.3) is 0 Å². The minimum atomic E-state index is -3.09. The van der Waals surface area contributed by atoms with Gasteiger partial charge in [-0.3, -0.25) is 14.5 Å². The highest BCUT2D eigenvalue weighted by Crippen LogP contribution is 2.33. The summed E-state index contributed by atoms with van der Waals surface area (Å²) in [5, 5.41) is 0. The Balaban J connectivity index is 0.00000588. The van der Waals surface area contributed by atoms with E-state index in [1.54, 1.807) is 13.0 Å². The highest BCUT2D eigenvalue weighted by Gasteiger charge is 2.37. The Morgan fingerprint density at radius 2 is 1.83 bits per heavy atom. The third-order valence-corrected chi connectivity index (χ3v) is 8.94. The SMILES string of the molecule is CC[C@H](C)[C@H](N)C(=O)OC(C)OC(=O)N(C[C@H]1CN(c2ccc(C3CCS(=O)(=O)CC3)c(F)c2)C(=O)O1)C(C)=O.Cl. The van der Waals surface area contributed by atoms with Gasteiger partial charge in [-0.15, -0.1) is 12.4 Å². The lowest BCUT2D eigenvalue weighted by atomic mass is 9.93. The lowest BCUT2D eigenvalue weighted by molar-refractivity contribution is -0.169.